The zero-order valence-electron chi connectivity index (χ0n) is 29.9. The number of para-hydroxylation sites is 2. The quantitative estimate of drug-likeness (QED) is 0.170. The predicted molar refractivity (Wildman–Crippen MR) is 225 cm³/mol. The maximum atomic E-state index is 6.21. The van der Waals surface area contributed by atoms with Crippen molar-refractivity contribution in [2.75, 3.05) is 0 Å². The Labute approximate surface area is 321 Å². The third kappa shape index (κ3) is 5.51. The lowest BCUT2D eigenvalue weighted by Gasteiger charge is -2.14. The van der Waals surface area contributed by atoms with Crippen molar-refractivity contribution >= 4 is 43.9 Å². The summed E-state index contributed by atoms with van der Waals surface area (Å²) in [7, 11) is 0. The van der Waals surface area contributed by atoms with Crippen LogP contribution in [-0.4, -0.2) is 19.9 Å². The molecule has 56 heavy (non-hydrogen) atoms. The highest BCUT2D eigenvalue weighted by atomic mass is 16.3. The van der Waals surface area contributed by atoms with Crippen LogP contribution in [0.15, 0.2) is 191 Å². The minimum absolute atomic E-state index is 0.607. The van der Waals surface area contributed by atoms with Gasteiger partial charge in [-0.25, -0.2) is 9.97 Å². The van der Waals surface area contributed by atoms with E-state index in [9.17, 15) is 0 Å². The molecule has 11 aromatic rings. The molecule has 5 heterocycles. The number of fused-ring (bicyclic) bond motifs is 6. The van der Waals surface area contributed by atoms with Gasteiger partial charge in [0.15, 0.2) is 5.82 Å². The Kier molecular flexibility index (Phi) is 7.38. The molecule has 6 nitrogen and oxygen atoms in total. The van der Waals surface area contributed by atoms with Gasteiger partial charge in [0.2, 0.25) is 0 Å². The van der Waals surface area contributed by atoms with Gasteiger partial charge in [0.05, 0.1) is 11.4 Å². The lowest BCUT2D eigenvalue weighted by atomic mass is 9.94. The molecule has 0 spiro atoms. The summed E-state index contributed by atoms with van der Waals surface area (Å²) in [6.07, 6.45) is 7.30. The maximum absolute atomic E-state index is 6.21. The highest BCUT2D eigenvalue weighted by Gasteiger charge is 2.18. The summed E-state index contributed by atoms with van der Waals surface area (Å²) in [5.41, 5.74) is 14.1. The van der Waals surface area contributed by atoms with Crippen molar-refractivity contribution in [2.45, 2.75) is 0 Å². The average Bonchev–Trinajstić information content (AvgIpc) is 3.84. The molecule has 6 heteroatoms. The van der Waals surface area contributed by atoms with Crippen molar-refractivity contribution in [1.82, 2.24) is 19.9 Å². The average molecular weight is 719 g/mol. The van der Waals surface area contributed by atoms with Crippen molar-refractivity contribution in [1.29, 1.82) is 0 Å². The number of aromatic nitrogens is 4. The van der Waals surface area contributed by atoms with Crippen molar-refractivity contribution in [3.63, 3.8) is 0 Å². The summed E-state index contributed by atoms with van der Waals surface area (Å²) in [6, 6.07) is 54.2. The molecule has 0 amide bonds. The van der Waals surface area contributed by atoms with Gasteiger partial charge in [0.1, 0.15) is 22.3 Å². The van der Waals surface area contributed by atoms with Crippen LogP contribution in [0.1, 0.15) is 0 Å². The minimum Gasteiger partial charge on any atom is -0.456 e. The van der Waals surface area contributed by atoms with Crippen LogP contribution < -0.4 is 0 Å². The smallest absolute Gasteiger partial charge is 0.160 e. The standard InChI is InChI=1S/C50H30N4O2/c1-2-12-39(38(11-1)33-9-7-21-51-29-33)45-28-44(34-10-8-22-52-30-34)53-50(54-45)37-24-35(31-17-19-48-42(26-31)40-13-3-5-15-46(40)55-48)23-36(25-37)32-18-20-49-43(27-32)41-14-4-6-16-47(41)56-49/h1-30H. The van der Waals surface area contributed by atoms with E-state index in [2.05, 4.69) is 113 Å². The summed E-state index contributed by atoms with van der Waals surface area (Å²) >= 11 is 0. The topological polar surface area (TPSA) is 77.8 Å². The zero-order chi connectivity index (χ0) is 37.0. The van der Waals surface area contributed by atoms with Crippen LogP contribution >= 0.6 is 0 Å². The summed E-state index contributed by atoms with van der Waals surface area (Å²) in [4.78, 5) is 19.4. The molecule has 0 atom stereocenters. The SMILES string of the molecule is c1cncc(-c2cc(-c3ccccc3-c3cccnc3)nc(-c3cc(-c4ccc5oc6ccccc6c5c4)cc(-c4ccc5oc6ccccc6c5c4)c3)n2)c1. The van der Waals surface area contributed by atoms with Crippen LogP contribution in [0.2, 0.25) is 0 Å². The Morgan fingerprint density at radius 1 is 0.321 bits per heavy atom. The van der Waals surface area contributed by atoms with E-state index in [1.165, 1.54) is 0 Å². The Morgan fingerprint density at radius 2 is 0.839 bits per heavy atom. The van der Waals surface area contributed by atoms with Gasteiger partial charge >= 0.3 is 0 Å². The maximum Gasteiger partial charge on any atom is 0.160 e. The fourth-order valence-electron chi connectivity index (χ4n) is 7.76. The summed E-state index contributed by atoms with van der Waals surface area (Å²) in [5.74, 6) is 0.607. The lowest BCUT2D eigenvalue weighted by Crippen LogP contribution is -1.98. The van der Waals surface area contributed by atoms with Crippen molar-refractivity contribution < 1.29 is 8.83 Å². The molecule has 0 N–H and O–H groups in total. The van der Waals surface area contributed by atoms with Crippen LogP contribution in [0.3, 0.4) is 0 Å². The van der Waals surface area contributed by atoms with Gasteiger partial charge < -0.3 is 8.83 Å². The molecule has 0 fully saturated rings. The Morgan fingerprint density at radius 3 is 1.45 bits per heavy atom. The van der Waals surface area contributed by atoms with Gasteiger partial charge in [-0.1, -0.05) is 78.9 Å². The molecule has 11 rings (SSSR count). The fraction of sp³-hybridized carbons (Fsp3) is 0. The van der Waals surface area contributed by atoms with E-state index in [0.717, 1.165) is 105 Å². The largest absolute Gasteiger partial charge is 0.456 e. The molecule has 262 valence electrons. The number of rotatable bonds is 6. The number of pyridine rings is 2. The fourth-order valence-corrected chi connectivity index (χ4v) is 7.76. The first-order chi connectivity index (χ1) is 27.7. The predicted octanol–water partition coefficient (Wildman–Crippen LogP) is 13.1. The molecule has 0 radical (unpaired) electrons. The summed E-state index contributed by atoms with van der Waals surface area (Å²) in [5, 5.41) is 4.31. The lowest BCUT2D eigenvalue weighted by molar-refractivity contribution is 0.668. The van der Waals surface area contributed by atoms with Crippen LogP contribution in [0, 0.1) is 0 Å². The minimum atomic E-state index is 0.607. The highest BCUT2D eigenvalue weighted by molar-refractivity contribution is 6.07. The van der Waals surface area contributed by atoms with E-state index >= 15 is 0 Å². The van der Waals surface area contributed by atoms with Crippen molar-refractivity contribution in [3.8, 4) is 67.3 Å². The number of hydrogen-bond acceptors (Lipinski definition) is 6. The molecule has 0 aliphatic rings. The van der Waals surface area contributed by atoms with Gasteiger partial charge in [0.25, 0.3) is 0 Å². The Hall–Kier alpha value is -7.70. The van der Waals surface area contributed by atoms with E-state index in [1.54, 1.807) is 12.4 Å². The third-order valence-corrected chi connectivity index (χ3v) is 10.5. The Balaban J connectivity index is 1.15. The molecule has 0 bridgehead atoms. The molecule has 0 aliphatic carbocycles. The van der Waals surface area contributed by atoms with E-state index in [-0.39, 0.29) is 0 Å². The molecule has 5 aromatic heterocycles. The summed E-state index contributed by atoms with van der Waals surface area (Å²) < 4.78 is 12.4. The van der Waals surface area contributed by atoms with E-state index in [1.807, 2.05) is 67.0 Å². The number of hydrogen-bond donors (Lipinski definition) is 0. The number of benzene rings is 6. The van der Waals surface area contributed by atoms with Gasteiger partial charge in [-0.05, 0) is 107 Å². The van der Waals surface area contributed by atoms with E-state index in [4.69, 9.17) is 18.8 Å². The molecule has 6 aromatic carbocycles. The zero-order valence-corrected chi connectivity index (χ0v) is 29.9. The Bertz CT molecular complexity index is 3130. The first kappa shape index (κ1) is 31.8. The van der Waals surface area contributed by atoms with Gasteiger partial charge in [-0.15, -0.1) is 0 Å². The number of furan rings is 2. The van der Waals surface area contributed by atoms with Gasteiger partial charge in [-0.3, -0.25) is 9.97 Å². The second-order valence-corrected chi connectivity index (χ2v) is 13.9. The van der Waals surface area contributed by atoms with E-state index in [0.29, 0.717) is 5.82 Å². The van der Waals surface area contributed by atoms with Crippen LogP contribution in [0.25, 0.3) is 111 Å². The second-order valence-electron chi connectivity index (χ2n) is 13.9. The molecular weight excluding hydrogens is 689 g/mol. The summed E-state index contributed by atoms with van der Waals surface area (Å²) in [6.45, 7) is 0. The van der Waals surface area contributed by atoms with Crippen molar-refractivity contribution in [3.05, 3.63) is 183 Å². The highest BCUT2D eigenvalue weighted by Crippen LogP contribution is 2.39. The van der Waals surface area contributed by atoms with Crippen LogP contribution in [0.4, 0.5) is 0 Å². The first-order valence-electron chi connectivity index (χ1n) is 18.5. The second kappa shape index (κ2) is 13.0. The normalized spacial score (nSPS) is 11.6. The number of nitrogens with zero attached hydrogens (tertiary/aromatic N) is 4. The molecule has 0 unspecified atom stereocenters. The van der Waals surface area contributed by atoms with Crippen molar-refractivity contribution in [2.24, 2.45) is 0 Å². The van der Waals surface area contributed by atoms with Crippen LogP contribution in [-0.2, 0) is 0 Å². The third-order valence-electron chi connectivity index (χ3n) is 10.5. The molecule has 0 saturated carbocycles. The monoisotopic (exact) mass is 718 g/mol. The molecule has 0 saturated heterocycles. The van der Waals surface area contributed by atoms with E-state index < -0.39 is 0 Å². The van der Waals surface area contributed by atoms with Gasteiger partial charge in [0, 0.05) is 68.6 Å². The molecule has 0 aliphatic heterocycles. The first-order valence-corrected chi connectivity index (χ1v) is 18.5. The van der Waals surface area contributed by atoms with Gasteiger partial charge in [-0.2, -0.15) is 0 Å². The van der Waals surface area contributed by atoms with Crippen LogP contribution in [0.5, 0.6) is 0 Å². The molecular formula is C50H30N4O2.